The SMILES string of the molecule is COC(=O)NCC(=O)N1CC=CC1c1ncc(-c2ccc(-c3ccc(-c4ccc5nc(C6CCCN6C=O)[nH]c5c4)c4c3CC3(CCCC3)C4)cc2)[nH]1. The molecule has 11 nitrogen and oxygen atoms in total. The Morgan fingerprint density at radius 3 is 2.43 bits per heavy atom. The van der Waals surface area contributed by atoms with Crippen molar-refractivity contribution in [1.29, 1.82) is 0 Å². The molecule has 2 atom stereocenters. The van der Waals surface area contributed by atoms with Gasteiger partial charge < -0.3 is 29.8 Å². The molecule has 5 aromatic rings. The normalized spacial score (nSPS) is 20.1. The Kier molecular flexibility index (Phi) is 8.36. The molecule has 1 saturated carbocycles. The number of benzene rings is 3. The molecule has 270 valence electrons. The van der Waals surface area contributed by atoms with E-state index in [1.807, 2.05) is 23.2 Å². The van der Waals surface area contributed by atoms with Crippen LogP contribution in [0.25, 0.3) is 44.5 Å². The Labute approximate surface area is 307 Å². The highest BCUT2D eigenvalue weighted by molar-refractivity contribution is 5.86. The molecule has 3 amide bonds. The second kappa shape index (κ2) is 13.4. The van der Waals surface area contributed by atoms with E-state index in [0.717, 1.165) is 66.8 Å². The van der Waals surface area contributed by atoms with Gasteiger partial charge in [0, 0.05) is 13.1 Å². The second-order valence-electron chi connectivity index (χ2n) is 15.1. The predicted molar refractivity (Wildman–Crippen MR) is 202 cm³/mol. The smallest absolute Gasteiger partial charge is 0.407 e. The maximum atomic E-state index is 12.8. The van der Waals surface area contributed by atoms with Gasteiger partial charge in [-0.25, -0.2) is 14.8 Å². The Morgan fingerprint density at radius 1 is 0.943 bits per heavy atom. The van der Waals surface area contributed by atoms with Gasteiger partial charge in [-0.05, 0) is 95.0 Å². The van der Waals surface area contributed by atoms with Gasteiger partial charge in [0.05, 0.1) is 36.1 Å². The highest BCUT2D eigenvalue weighted by Crippen LogP contribution is 2.53. The number of carbonyl (C=O) groups excluding carboxylic acids is 3. The summed E-state index contributed by atoms with van der Waals surface area (Å²) in [5, 5.41) is 2.47. The van der Waals surface area contributed by atoms with E-state index in [2.05, 4.69) is 79.6 Å². The van der Waals surface area contributed by atoms with Crippen molar-refractivity contribution in [2.45, 2.75) is 63.5 Å². The predicted octanol–water partition coefficient (Wildman–Crippen LogP) is 7.03. The van der Waals surface area contributed by atoms with E-state index in [4.69, 9.17) is 4.98 Å². The third kappa shape index (κ3) is 5.97. The molecule has 1 spiro atoms. The van der Waals surface area contributed by atoms with Gasteiger partial charge in [-0.2, -0.15) is 0 Å². The number of rotatable bonds is 8. The van der Waals surface area contributed by atoms with Gasteiger partial charge in [0.15, 0.2) is 0 Å². The average molecular weight is 710 g/mol. The molecule has 2 fully saturated rings. The molecule has 2 aliphatic carbocycles. The topological polar surface area (TPSA) is 136 Å². The van der Waals surface area contributed by atoms with Crippen LogP contribution < -0.4 is 5.32 Å². The number of fused-ring (bicyclic) bond motifs is 2. The van der Waals surface area contributed by atoms with Crippen LogP contribution in [-0.4, -0.2) is 74.9 Å². The van der Waals surface area contributed by atoms with Crippen LogP contribution in [0.2, 0.25) is 0 Å². The van der Waals surface area contributed by atoms with Gasteiger partial charge in [-0.1, -0.05) is 67.5 Å². The molecule has 0 bridgehead atoms. The number of hydrogen-bond donors (Lipinski definition) is 3. The van der Waals surface area contributed by atoms with E-state index >= 15 is 0 Å². The maximum absolute atomic E-state index is 12.8. The number of likely N-dealkylation sites (tertiary alicyclic amines) is 1. The molecule has 53 heavy (non-hydrogen) atoms. The van der Waals surface area contributed by atoms with Gasteiger partial charge in [-0.15, -0.1) is 0 Å². The summed E-state index contributed by atoms with van der Waals surface area (Å²) in [6, 6.07) is 19.6. The van der Waals surface area contributed by atoms with Gasteiger partial charge >= 0.3 is 6.09 Å². The maximum Gasteiger partial charge on any atom is 0.407 e. The number of amides is 3. The third-order valence-corrected chi connectivity index (χ3v) is 12.0. The van der Waals surface area contributed by atoms with E-state index in [1.165, 1.54) is 66.2 Å². The van der Waals surface area contributed by atoms with E-state index in [0.29, 0.717) is 17.8 Å². The summed E-state index contributed by atoms with van der Waals surface area (Å²) in [6.45, 7) is 1.08. The van der Waals surface area contributed by atoms with Crippen molar-refractivity contribution in [2.24, 2.45) is 5.41 Å². The van der Waals surface area contributed by atoms with E-state index in [-0.39, 0.29) is 24.5 Å². The Bertz CT molecular complexity index is 2250. The summed E-state index contributed by atoms with van der Waals surface area (Å²) in [4.78, 5) is 56.0. The molecular formula is C42H43N7O4. The summed E-state index contributed by atoms with van der Waals surface area (Å²) in [6.07, 6.45) is 15.3. The minimum atomic E-state index is -0.639. The number of methoxy groups -OCH3 is 1. The number of carbonyl (C=O) groups is 3. The Balaban J connectivity index is 0.987. The number of imidazole rings is 2. The van der Waals surface area contributed by atoms with Gasteiger partial charge in [0.2, 0.25) is 12.3 Å². The molecular weight excluding hydrogens is 667 g/mol. The monoisotopic (exact) mass is 709 g/mol. The van der Waals surface area contributed by atoms with E-state index in [1.54, 1.807) is 4.90 Å². The van der Waals surface area contributed by atoms with Crippen molar-refractivity contribution >= 4 is 29.4 Å². The molecule has 1 saturated heterocycles. The molecule has 2 aromatic heterocycles. The van der Waals surface area contributed by atoms with Crippen LogP contribution in [0.15, 0.2) is 72.9 Å². The molecule has 4 aliphatic rings. The average Bonchev–Trinajstić information content (AvgIpc) is 4.04. The lowest BCUT2D eigenvalue weighted by atomic mass is 9.82. The van der Waals surface area contributed by atoms with Crippen molar-refractivity contribution < 1.29 is 19.1 Å². The Hall–Kier alpha value is -5.71. The first-order valence-electron chi connectivity index (χ1n) is 18.7. The standard InChI is InChI=1S/C42H43N7O4/c1-53-41(52)44-24-38(51)49-19-5-7-37(49)39-43-23-35(47-39)27-10-8-26(9-11-27)29-13-14-30(32-22-42(21-31(29)32)16-2-3-17-42)28-12-15-33-34(20-28)46-40(45-33)36-6-4-18-48(36)25-50/h5,7-15,20,23,25,36-37H,2-4,6,16-19,21-22,24H2,1H3,(H,43,47)(H,44,52)(H,45,46). The first kappa shape index (κ1) is 33.1. The fourth-order valence-corrected chi connectivity index (χ4v) is 9.29. The highest BCUT2D eigenvalue weighted by Gasteiger charge is 2.41. The molecule has 2 aliphatic heterocycles. The van der Waals surface area contributed by atoms with Crippen LogP contribution in [-0.2, 0) is 27.2 Å². The summed E-state index contributed by atoms with van der Waals surface area (Å²) in [7, 11) is 1.27. The van der Waals surface area contributed by atoms with Crippen LogP contribution in [0.1, 0.15) is 73.4 Å². The minimum Gasteiger partial charge on any atom is -0.453 e. The Morgan fingerprint density at radius 2 is 1.68 bits per heavy atom. The van der Waals surface area contributed by atoms with Crippen molar-refractivity contribution in [2.75, 3.05) is 26.7 Å². The zero-order valence-corrected chi connectivity index (χ0v) is 29.9. The summed E-state index contributed by atoms with van der Waals surface area (Å²) >= 11 is 0. The number of aromatic nitrogens is 4. The van der Waals surface area contributed by atoms with Crippen LogP contribution in [0.4, 0.5) is 4.79 Å². The first-order chi connectivity index (χ1) is 25.9. The summed E-state index contributed by atoms with van der Waals surface area (Å²) < 4.78 is 4.60. The fraction of sp³-hybridized carbons (Fsp3) is 0.357. The fourth-order valence-electron chi connectivity index (χ4n) is 9.29. The first-order valence-corrected chi connectivity index (χ1v) is 18.7. The number of nitrogens with zero attached hydrogens (tertiary/aromatic N) is 4. The van der Waals surface area contributed by atoms with Crippen LogP contribution in [0, 0.1) is 5.41 Å². The molecule has 2 unspecified atom stereocenters. The van der Waals surface area contributed by atoms with Crippen LogP contribution in [0.3, 0.4) is 0 Å². The number of alkyl carbamates (subject to hydrolysis) is 1. The van der Waals surface area contributed by atoms with E-state index in [9.17, 15) is 14.4 Å². The third-order valence-electron chi connectivity index (χ3n) is 12.0. The minimum absolute atomic E-state index is 0.0180. The number of ether oxygens (including phenoxy) is 1. The number of hydrogen-bond acceptors (Lipinski definition) is 6. The van der Waals surface area contributed by atoms with E-state index < -0.39 is 6.09 Å². The quantitative estimate of drug-likeness (QED) is 0.117. The lowest BCUT2D eigenvalue weighted by molar-refractivity contribution is -0.130. The highest BCUT2D eigenvalue weighted by atomic mass is 16.5. The van der Waals surface area contributed by atoms with Gasteiger partial charge in [0.1, 0.15) is 24.2 Å². The summed E-state index contributed by atoms with van der Waals surface area (Å²) in [5.74, 6) is 1.33. The zero-order chi connectivity index (χ0) is 36.1. The van der Waals surface area contributed by atoms with Crippen LogP contribution in [0.5, 0.6) is 0 Å². The van der Waals surface area contributed by atoms with Crippen LogP contribution >= 0.6 is 0 Å². The molecule has 3 N–H and O–H groups in total. The number of H-pyrrole nitrogens is 2. The molecule has 0 radical (unpaired) electrons. The van der Waals surface area contributed by atoms with Crippen molar-refractivity contribution in [1.82, 2.24) is 35.1 Å². The van der Waals surface area contributed by atoms with Gasteiger partial charge in [0.25, 0.3) is 0 Å². The number of nitrogens with one attached hydrogen (secondary N) is 3. The lowest BCUT2D eigenvalue weighted by Gasteiger charge is -2.23. The van der Waals surface area contributed by atoms with Gasteiger partial charge in [-0.3, -0.25) is 9.59 Å². The van der Waals surface area contributed by atoms with Crippen molar-refractivity contribution in [3.63, 3.8) is 0 Å². The molecule has 4 heterocycles. The number of aromatic amines is 2. The second-order valence-corrected chi connectivity index (χ2v) is 15.1. The molecule has 11 heteroatoms. The van der Waals surface area contributed by atoms with Crippen molar-refractivity contribution in [3.05, 3.63) is 95.7 Å². The molecule has 9 rings (SSSR count). The van der Waals surface area contributed by atoms with Crippen molar-refractivity contribution in [3.8, 4) is 33.5 Å². The lowest BCUT2D eigenvalue weighted by Crippen LogP contribution is -2.40. The molecule has 3 aromatic carbocycles. The summed E-state index contributed by atoms with van der Waals surface area (Å²) in [5.41, 5.74) is 12.1. The zero-order valence-electron chi connectivity index (χ0n) is 29.9. The largest absolute Gasteiger partial charge is 0.453 e.